The minimum atomic E-state index is -1.66. The molecular weight excluding hydrogens is 837 g/mol. The van der Waals surface area contributed by atoms with Gasteiger partial charge >= 0.3 is 87.4 Å². The zero-order valence-corrected chi connectivity index (χ0v) is 38.2. The Morgan fingerprint density at radius 2 is 1.17 bits per heavy atom. The molecule has 0 unspecified atom stereocenters. The second kappa shape index (κ2) is 27.2. The maximum absolute atomic E-state index is 11.2. The molecule has 2 radical (unpaired) electrons. The fourth-order valence-electron chi connectivity index (χ4n) is 6.10. The second-order valence-corrected chi connectivity index (χ2v) is 11.9. The molecule has 2 heterocycles. The number of rotatable bonds is 7. The van der Waals surface area contributed by atoms with Crippen molar-refractivity contribution < 1.29 is 98.6 Å². The number of hydrogen-bond donors (Lipinski definition) is 2. The number of carbonyl (C=O) groups excluding carboxylic acids is 1. The molecule has 19 heteroatoms. The molecule has 0 bridgehead atoms. The summed E-state index contributed by atoms with van der Waals surface area (Å²) in [7, 11) is 4.06. The number of fused-ring (bicyclic) bond motifs is 6. The van der Waals surface area contributed by atoms with Crippen molar-refractivity contribution in [2.75, 3.05) is 21.3 Å². The van der Waals surface area contributed by atoms with Gasteiger partial charge < -0.3 is 23.5 Å². The van der Waals surface area contributed by atoms with E-state index >= 15 is 0 Å². The number of carbonyl (C=O) groups is 1. The van der Waals surface area contributed by atoms with Crippen LogP contribution in [0.25, 0.3) is 33.9 Å². The van der Waals surface area contributed by atoms with Crippen molar-refractivity contribution in [1.29, 1.82) is 0 Å². The quantitative estimate of drug-likeness (QED) is 0.0722. The molecule has 0 amide bonds. The van der Waals surface area contributed by atoms with Crippen LogP contribution in [0.15, 0.2) is 122 Å². The zero-order chi connectivity index (χ0) is 43.3. The van der Waals surface area contributed by atoms with E-state index in [2.05, 4.69) is 26.0 Å². The zero-order valence-electron chi connectivity index (χ0n) is 33.8. The number of pyridine rings is 2. The summed E-state index contributed by atoms with van der Waals surface area (Å²) >= 11 is -0.495. The molecule has 15 nitrogen and oxygen atoms in total. The molecule has 300 valence electrons. The molecule has 2 aliphatic rings. The van der Waals surface area contributed by atoms with Crippen LogP contribution < -0.4 is 60.9 Å². The Bertz CT molecular complexity index is 2420. The first-order chi connectivity index (χ1) is 28.7. The first kappa shape index (κ1) is 51.4. The van der Waals surface area contributed by atoms with Gasteiger partial charge in [-0.1, -0.05) is 48.5 Å². The summed E-state index contributed by atoms with van der Waals surface area (Å²) in [6.07, 6.45) is 6.73. The molecule has 2 N–H and O–H groups in total. The number of halogens is 1. The predicted octanol–water partition coefficient (Wildman–Crippen LogP) is 4.84. The van der Waals surface area contributed by atoms with E-state index in [-0.39, 0.29) is 74.0 Å². The molecule has 8 rings (SSSR count). The van der Waals surface area contributed by atoms with Gasteiger partial charge in [-0.25, -0.2) is 9.97 Å². The Balaban J connectivity index is 0.000000445. The van der Waals surface area contributed by atoms with Crippen LogP contribution in [0.2, 0.25) is 0 Å². The number of ether oxygens (including phenoxy) is 2. The van der Waals surface area contributed by atoms with Crippen LogP contribution in [-0.2, 0) is 14.2 Å². The number of non-ortho nitro benzene ring substituents is 2. The predicted molar refractivity (Wildman–Crippen MR) is 220 cm³/mol. The van der Waals surface area contributed by atoms with E-state index in [1.807, 2.05) is 66.7 Å². The van der Waals surface area contributed by atoms with Crippen molar-refractivity contribution in [3.05, 3.63) is 175 Å². The van der Waals surface area contributed by atoms with Crippen LogP contribution >= 0.6 is 0 Å². The van der Waals surface area contributed by atoms with E-state index in [9.17, 15) is 28.5 Å². The number of methoxy groups -OCH3 is 2. The number of nitro benzene ring substituents is 2. The van der Waals surface area contributed by atoms with Gasteiger partial charge in [-0.3, -0.25) is 30.3 Å². The van der Waals surface area contributed by atoms with Gasteiger partial charge in [0.15, 0.2) is 6.29 Å². The number of hydrogen-bond acceptors (Lipinski definition) is 13. The molecule has 4 aromatic carbocycles. The van der Waals surface area contributed by atoms with Crippen LogP contribution in [0.1, 0.15) is 39.6 Å². The number of aliphatic hydroxyl groups excluding tert-OH is 1. The number of aromatic nitrogens is 2. The van der Waals surface area contributed by atoms with Crippen molar-refractivity contribution >= 4 is 61.5 Å². The molecular formula is C41H36Al2FKN4O11. The van der Waals surface area contributed by atoms with E-state index in [0.717, 1.165) is 58.0 Å². The van der Waals surface area contributed by atoms with Gasteiger partial charge in [0.2, 0.25) is 11.8 Å². The number of nitro groups is 2. The van der Waals surface area contributed by atoms with Crippen molar-refractivity contribution in [3.8, 4) is 34.0 Å². The first-order valence-corrected chi connectivity index (χ1v) is 18.4. The Morgan fingerprint density at radius 1 is 0.700 bits per heavy atom. The number of nitrogens with zero attached hydrogens (tertiary/aromatic N) is 4. The van der Waals surface area contributed by atoms with E-state index in [4.69, 9.17) is 23.6 Å². The SMILES string of the molecule is CO.COc1ncccc1C=C1c2ccccc2-c2ccc([N+](=O)[O-])cc21.COc1ncccc1C=O.O=[N+]([O-])c1ccc2c(c1)Cc1ccccc1-2.O[O][Al][F].[H-].[K+].[O]=[Al]. The van der Waals surface area contributed by atoms with Gasteiger partial charge in [0.25, 0.3) is 11.4 Å². The topological polar surface area (TPSA) is 214 Å². The normalized spacial score (nSPS) is 10.8. The van der Waals surface area contributed by atoms with Crippen LogP contribution in [-0.4, -0.2) is 90.0 Å². The third kappa shape index (κ3) is 13.4. The fourth-order valence-corrected chi connectivity index (χ4v) is 6.10. The molecule has 6 aromatic rings. The molecule has 2 aliphatic carbocycles. The minimum absolute atomic E-state index is 0. The van der Waals surface area contributed by atoms with Gasteiger partial charge in [-0.15, -0.1) is 0 Å². The summed E-state index contributed by atoms with van der Waals surface area (Å²) in [5, 5.41) is 35.9. The molecule has 0 saturated carbocycles. The monoisotopic (exact) mass is 872 g/mol. The van der Waals surface area contributed by atoms with Gasteiger partial charge in [-0.05, 0) is 99.0 Å². The summed E-state index contributed by atoms with van der Waals surface area (Å²) in [5.41, 5.74) is 11.1. The standard InChI is InChI=1S/C20H14N2O3.C13H9NO2.C7H7NO2.CH4O.2Al.FH.K.H2O2.O.H/c1-25-20-13(5-4-10-21-20)11-18-16-7-3-2-6-15(16)17-9-8-14(22(23)24)12-19(17)18;15-14(16)11-5-6-13-10(8-11)7-9-3-1-2-4-12(9)13;1-10-7-6(5-9)3-2-4-8-7;1-2;;;;;1-2;;/h2-12H,1H3;1-6,8H,7H2;2-5H,1H3;2H,1H3;;;1H;;1-2H;;/q;;;;;+2;;+1;;;-1/p-2. The molecule has 0 aliphatic heterocycles. The average molecular weight is 873 g/mol. The Labute approximate surface area is 403 Å². The van der Waals surface area contributed by atoms with Gasteiger partial charge in [0.1, 0.15) is 0 Å². The second-order valence-electron chi connectivity index (χ2n) is 11.5. The van der Waals surface area contributed by atoms with E-state index < -0.39 is 16.0 Å². The van der Waals surface area contributed by atoms with Gasteiger partial charge in [0.05, 0.1) is 29.6 Å². The Kier molecular flexibility index (Phi) is 23.3. The molecule has 0 spiro atoms. The first-order valence-electron chi connectivity index (χ1n) is 17.0. The maximum atomic E-state index is 11.2. The van der Waals surface area contributed by atoms with E-state index in [0.29, 0.717) is 23.6 Å². The molecule has 0 atom stereocenters. The molecule has 0 saturated heterocycles. The van der Waals surface area contributed by atoms with E-state index in [1.165, 1.54) is 34.5 Å². The molecule has 2 aromatic heterocycles. The fraction of sp³-hybridized carbons (Fsp3) is 0.0976. The summed E-state index contributed by atoms with van der Waals surface area (Å²) < 4.78 is 31.6. The third-order valence-corrected chi connectivity index (χ3v) is 8.53. The number of aliphatic hydroxyl groups is 1. The van der Waals surface area contributed by atoms with Crippen LogP contribution in [0, 0.1) is 20.2 Å². The van der Waals surface area contributed by atoms with Gasteiger partial charge in [0, 0.05) is 49.3 Å². The van der Waals surface area contributed by atoms with Crippen LogP contribution in [0.5, 0.6) is 11.8 Å². The van der Waals surface area contributed by atoms with E-state index in [1.54, 1.807) is 55.9 Å². The summed E-state index contributed by atoms with van der Waals surface area (Å²) in [6, 6.07) is 33.3. The molecule has 60 heavy (non-hydrogen) atoms. The summed E-state index contributed by atoms with van der Waals surface area (Å²) in [6.45, 7) is 0. The number of aldehydes is 1. The number of benzene rings is 4. The Morgan fingerprint density at radius 3 is 1.70 bits per heavy atom. The summed E-state index contributed by atoms with van der Waals surface area (Å²) in [4.78, 5) is 39.5. The molecule has 0 fully saturated rings. The summed E-state index contributed by atoms with van der Waals surface area (Å²) in [5.74, 6) is 0.892. The van der Waals surface area contributed by atoms with Crippen molar-refractivity contribution in [2.45, 2.75) is 6.42 Å². The third-order valence-electron chi connectivity index (χ3n) is 8.45. The van der Waals surface area contributed by atoms with Crippen molar-refractivity contribution in [1.82, 2.24) is 9.97 Å². The van der Waals surface area contributed by atoms with Crippen molar-refractivity contribution in [3.63, 3.8) is 0 Å². The van der Waals surface area contributed by atoms with Crippen molar-refractivity contribution in [2.24, 2.45) is 0 Å². The van der Waals surface area contributed by atoms with Crippen LogP contribution in [0.3, 0.4) is 0 Å². The average Bonchev–Trinajstić information content (AvgIpc) is 3.83. The van der Waals surface area contributed by atoms with Gasteiger partial charge in [-0.2, -0.15) is 0 Å². The van der Waals surface area contributed by atoms with Crippen LogP contribution in [0.4, 0.5) is 14.9 Å². The Hall–Kier alpha value is -4.70.